The fourth-order valence-corrected chi connectivity index (χ4v) is 2.04. The highest BCUT2D eigenvalue weighted by atomic mass is 35.5. The molecule has 1 saturated carbocycles. The molecular weight excluding hydrogens is 227 g/mol. The van der Waals surface area contributed by atoms with E-state index in [4.69, 9.17) is 11.6 Å². The minimum Gasteiger partial charge on any atom is -0.384 e. The molecular formula is C12H16ClFN2. The van der Waals surface area contributed by atoms with E-state index in [0.717, 1.165) is 18.8 Å². The van der Waals surface area contributed by atoms with Crippen LogP contribution in [0, 0.1) is 11.2 Å². The number of nitrogens with one attached hydrogen (secondary N) is 2. The van der Waals surface area contributed by atoms with Crippen LogP contribution in [-0.4, -0.2) is 20.1 Å². The van der Waals surface area contributed by atoms with Crippen LogP contribution in [0.15, 0.2) is 18.2 Å². The van der Waals surface area contributed by atoms with Crippen LogP contribution >= 0.6 is 11.6 Å². The number of benzene rings is 1. The van der Waals surface area contributed by atoms with Crippen LogP contribution in [0.1, 0.15) is 12.8 Å². The van der Waals surface area contributed by atoms with E-state index < -0.39 is 0 Å². The van der Waals surface area contributed by atoms with Gasteiger partial charge in [0.2, 0.25) is 0 Å². The summed E-state index contributed by atoms with van der Waals surface area (Å²) < 4.78 is 12.9. The maximum absolute atomic E-state index is 12.9. The maximum atomic E-state index is 12.9. The van der Waals surface area contributed by atoms with E-state index >= 15 is 0 Å². The molecule has 4 heteroatoms. The summed E-state index contributed by atoms with van der Waals surface area (Å²) in [6, 6.07) is 4.74. The van der Waals surface area contributed by atoms with E-state index in [-0.39, 0.29) is 10.8 Å². The van der Waals surface area contributed by atoms with Crippen molar-refractivity contribution in [1.82, 2.24) is 5.32 Å². The van der Waals surface area contributed by atoms with Gasteiger partial charge in [0, 0.05) is 24.2 Å². The summed E-state index contributed by atoms with van der Waals surface area (Å²) in [7, 11) is 1.97. The molecule has 0 radical (unpaired) electrons. The van der Waals surface area contributed by atoms with Gasteiger partial charge in [0.1, 0.15) is 5.82 Å². The number of hydrogen-bond donors (Lipinski definition) is 2. The lowest BCUT2D eigenvalue weighted by molar-refractivity contribution is 0.507. The largest absolute Gasteiger partial charge is 0.384 e. The summed E-state index contributed by atoms with van der Waals surface area (Å²) in [4.78, 5) is 0. The van der Waals surface area contributed by atoms with Gasteiger partial charge in [0.05, 0.1) is 5.02 Å². The summed E-state index contributed by atoms with van der Waals surface area (Å²) in [6.07, 6.45) is 2.49. The summed E-state index contributed by atoms with van der Waals surface area (Å²) in [5.41, 5.74) is 1.27. The molecule has 0 saturated heterocycles. The first-order valence-corrected chi connectivity index (χ1v) is 5.87. The predicted octanol–water partition coefficient (Wildman–Crippen LogP) is 2.89. The van der Waals surface area contributed by atoms with Crippen molar-refractivity contribution in [3.63, 3.8) is 0 Å². The van der Waals surface area contributed by atoms with E-state index in [1.54, 1.807) is 12.1 Å². The highest BCUT2D eigenvalue weighted by Gasteiger charge is 2.41. The first-order valence-electron chi connectivity index (χ1n) is 5.49. The molecule has 0 atom stereocenters. The minimum atomic E-state index is -0.372. The molecule has 0 aromatic heterocycles. The zero-order chi connectivity index (χ0) is 11.6. The molecule has 1 aliphatic rings. The molecule has 0 amide bonds. The molecule has 0 bridgehead atoms. The van der Waals surface area contributed by atoms with Gasteiger partial charge in [-0.15, -0.1) is 0 Å². The predicted molar refractivity (Wildman–Crippen MR) is 65.5 cm³/mol. The highest BCUT2D eigenvalue weighted by Crippen LogP contribution is 2.44. The van der Waals surface area contributed by atoms with Gasteiger partial charge in [-0.25, -0.2) is 4.39 Å². The lowest BCUT2D eigenvalue weighted by atomic mass is 10.1. The molecule has 1 aliphatic carbocycles. The Morgan fingerprint density at radius 1 is 1.38 bits per heavy atom. The van der Waals surface area contributed by atoms with Crippen molar-refractivity contribution in [2.45, 2.75) is 12.8 Å². The van der Waals surface area contributed by atoms with E-state index in [1.807, 2.05) is 7.05 Å². The topological polar surface area (TPSA) is 24.1 Å². The van der Waals surface area contributed by atoms with Gasteiger partial charge in [-0.05, 0) is 38.1 Å². The molecule has 0 spiro atoms. The summed E-state index contributed by atoms with van der Waals surface area (Å²) >= 11 is 5.71. The van der Waals surface area contributed by atoms with Gasteiger partial charge in [-0.3, -0.25) is 0 Å². The lowest BCUT2D eigenvalue weighted by Crippen LogP contribution is -2.26. The van der Waals surface area contributed by atoms with Crippen LogP contribution < -0.4 is 10.6 Å². The highest BCUT2D eigenvalue weighted by molar-refractivity contribution is 6.31. The van der Waals surface area contributed by atoms with Gasteiger partial charge >= 0.3 is 0 Å². The maximum Gasteiger partial charge on any atom is 0.141 e. The number of hydrogen-bond acceptors (Lipinski definition) is 2. The fourth-order valence-electron chi connectivity index (χ4n) is 1.86. The van der Waals surface area contributed by atoms with E-state index in [9.17, 15) is 4.39 Å². The quantitative estimate of drug-likeness (QED) is 0.830. The summed E-state index contributed by atoms with van der Waals surface area (Å²) in [5, 5.41) is 6.68. The molecule has 0 aliphatic heterocycles. The van der Waals surface area contributed by atoms with Gasteiger partial charge in [0.25, 0.3) is 0 Å². The Bertz CT molecular complexity index is 377. The third-order valence-electron chi connectivity index (χ3n) is 3.10. The van der Waals surface area contributed by atoms with Crippen LogP contribution in [0.5, 0.6) is 0 Å². The lowest BCUT2D eigenvalue weighted by Gasteiger charge is -2.16. The second-order valence-electron chi connectivity index (χ2n) is 4.51. The number of rotatable bonds is 5. The van der Waals surface area contributed by atoms with Crippen molar-refractivity contribution in [3.05, 3.63) is 29.0 Å². The van der Waals surface area contributed by atoms with E-state index in [2.05, 4.69) is 10.6 Å². The molecule has 0 heterocycles. The fraction of sp³-hybridized carbons (Fsp3) is 0.500. The van der Waals surface area contributed by atoms with Crippen molar-refractivity contribution in [2.24, 2.45) is 5.41 Å². The van der Waals surface area contributed by atoms with Gasteiger partial charge < -0.3 is 10.6 Å². The Morgan fingerprint density at radius 2 is 2.12 bits per heavy atom. The average Bonchev–Trinajstić information content (AvgIpc) is 3.01. The summed E-state index contributed by atoms with van der Waals surface area (Å²) in [6.45, 7) is 1.94. The normalized spacial score (nSPS) is 17.2. The van der Waals surface area contributed by atoms with Crippen LogP contribution in [0.3, 0.4) is 0 Å². The number of halogens is 2. The third-order valence-corrected chi connectivity index (χ3v) is 3.39. The molecule has 0 unspecified atom stereocenters. The first kappa shape index (κ1) is 11.7. The Hall–Kier alpha value is -0.800. The Balaban J connectivity index is 1.92. The van der Waals surface area contributed by atoms with Crippen LogP contribution in [0.4, 0.5) is 10.1 Å². The van der Waals surface area contributed by atoms with Crippen LogP contribution in [0.25, 0.3) is 0 Å². The Kier molecular flexibility index (Phi) is 3.36. The average molecular weight is 243 g/mol. The third kappa shape index (κ3) is 2.66. The van der Waals surface area contributed by atoms with Crippen LogP contribution in [-0.2, 0) is 0 Å². The van der Waals surface area contributed by atoms with Crippen molar-refractivity contribution >= 4 is 17.3 Å². The number of anilines is 1. The zero-order valence-corrected chi connectivity index (χ0v) is 10.1. The van der Waals surface area contributed by atoms with Crippen molar-refractivity contribution in [2.75, 3.05) is 25.5 Å². The standard InChI is InChI=1S/C12H16ClFN2/c1-15-7-12(4-5-12)8-16-9-2-3-11(14)10(13)6-9/h2-3,6,15-16H,4-5,7-8H2,1H3. The SMILES string of the molecule is CNCC1(CNc2ccc(F)c(Cl)c2)CC1. The van der Waals surface area contributed by atoms with Gasteiger partial charge in [-0.1, -0.05) is 11.6 Å². The van der Waals surface area contributed by atoms with Crippen molar-refractivity contribution < 1.29 is 4.39 Å². The van der Waals surface area contributed by atoms with E-state index in [0.29, 0.717) is 5.41 Å². The molecule has 2 nitrogen and oxygen atoms in total. The first-order chi connectivity index (χ1) is 7.65. The van der Waals surface area contributed by atoms with Crippen molar-refractivity contribution in [1.29, 1.82) is 0 Å². The summed E-state index contributed by atoms with van der Waals surface area (Å²) in [5.74, 6) is -0.372. The van der Waals surface area contributed by atoms with Crippen LogP contribution in [0.2, 0.25) is 5.02 Å². The second-order valence-corrected chi connectivity index (χ2v) is 4.92. The monoisotopic (exact) mass is 242 g/mol. The van der Waals surface area contributed by atoms with Gasteiger partial charge in [0.15, 0.2) is 0 Å². The molecule has 2 N–H and O–H groups in total. The smallest absolute Gasteiger partial charge is 0.141 e. The molecule has 1 fully saturated rings. The molecule has 88 valence electrons. The minimum absolute atomic E-state index is 0.170. The Labute approximate surface area is 100 Å². The molecule has 16 heavy (non-hydrogen) atoms. The van der Waals surface area contributed by atoms with Gasteiger partial charge in [-0.2, -0.15) is 0 Å². The van der Waals surface area contributed by atoms with Crippen molar-refractivity contribution in [3.8, 4) is 0 Å². The second kappa shape index (κ2) is 4.60. The van der Waals surface area contributed by atoms with E-state index in [1.165, 1.54) is 18.9 Å². The molecule has 1 aromatic rings. The Morgan fingerprint density at radius 3 is 2.69 bits per heavy atom. The molecule has 2 rings (SSSR count). The zero-order valence-electron chi connectivity index (χ0n) is 9.32. The molecule has 1 aromatic carbocycles.